The highest BCUT2D eigenvalue weighted by Crippen LogP contribution is 2.26. The Morgan fingerprint density at radius 3 is 2.71 bits per heavy atom. The lowest BCUT2D eigenvalue weighted by Gasteiger charge is -2.35. The van der Waals surface area contributed by atoms with Gasteiger partial charge in [-0.15, -0.1) is 0 Å². The molecule has 0 saturated carbocycles. The summed E-state index contributed by atoms with van der Waals surface area (Å²) in [6.45, 7) is 8.80. The van der Waals surface area contributed by atoms with E-state index in [0.717, 1.165) is 29.3 Å². The fourth-order valence-corrected chi connectivity index (χ4v) is 2.95. The molecule has 5 heteroatoms. The number of hydrogen-bond acceptors (Lipinski definition) is 4. The Bertz CT molecular complexity index is 587. The molecule has 0 bridgehead atoms. The Kier molecular flexibility index (Phi) is 4.01. The van der Waals surface area contributed by atoms with Gasteiger partial charge in [0, 0.05) is 30.4 Å². The van der Waals surface area contributed by atoms with Crippen LogP contribution in [0.15, 0.2) is 18.5 Å². The molecule has 112 valence electrons. The largest absolute Gasteiger partial charge is 0.300 e. The van der Waals surface area contributed by atoms with Crippen molar-refractivity contribution in [2.45, 2.75) is 45.6 Å². The number of nitrogens with one attached hydrogen (secondary N) is 1. The molecular formula is C16H23N5. The van der Waals surface area contributed by atoms with Crippen LogP contribution in [0.25, 0.3) is 11.4 Å². The minimum atomic E-state index is 0.503. The molecule has 5 nitrogen and oxygen atoms in total. The van der Waals surface area contributed by atoms with Crippen molar-refractivity contribution in [3.8, 4) is 11.4 Å². The quantitative estimate of drug-likeness (QED) is 0.942. The Morgan fingerprint density at radius 1 is 1.24 bits per heavy atom. The average Bonchev–Trinajstić information content (AvgIpc) is 2.94. The first kappa shape index (κ1) is 14.2. The van der Waals surface area contributed by atoms with E-state index in [1.165, 1.54) is 19.4 Å². The maximum absolute atomic E-state index is 4.64. The summed E-state index contributed by atoms with van der Waals surface area (Å²) in [4.78, 5) is 11.7. The van der Waals surface area contributed by atoms with Gasteiger partial charge in [-0.2, -0.15) is 5.10 Å². The minimum absolute atomic E-state index is 0.503. The van der Waals surface area contributed by atoms with E-state index in [9.17, 15) is 0 Å². The second-order valence-electron chi connectivity index (χ2n) is 6.19. The Hall–Kier alpha value is -1.75. The molecule has 1 atom stereocenters. The van der Waals surface area contributed by atoms with Crippen molar-refractivity contribution in [2.24, 2.45) is 0 Å². The third-order valence-corrected chi connectivity index (χ3v) is 4.24. The summed E-state index contributed by atoms with van der Waals surface area (Å²) >= 11 is 0. The van der Waals surface area contributed by atoms with E-state index in [4.69, 9.17) is 0 Å². The summed E-state index contributed by atoms with van der Waals surface area (Å²) in [5, 5.41) is 7.17. The van der Waals surface area contributed by atoms with Crippen LogP contribution in [0.4, 0.5) is 0 Å². The predicted octanol–water partition coefficient (Wildman–Crippen LogP) is 2.76. The van der Waals surface area contributed by atoms with Crippen molar-refractivity contribution < 1.29 is 0 Å². The third kappa shape index (κ3) is 3.13. The van der Waals surface area contributed by atoms with Crippen LogP contribution in [0, 0.1) is 6.92 Å². The Balaban J connectivity index is 1.74. The maximum Gasteiger partial charge on any atom is 0.112 e. The van der Waals surface area contributed by atoms with Gasteiger partial charge < -0.3 is 4.90 Å². The SMILES string of the molecule is Cc1cc(-c2cnc([C@H]3CCCN(C(C)C)C3)cn2)n[nH]1. The average molecular weight is 285 g/mol. The van der Waals surface area contributed by atoms with Crippen LogP contribution >= 0.6 is 0 Å². The number of aromatic amines is 1. The molecule has 1 aliphatic rings. The molecule has 1 fully saturated rings. The molecule has 0 aromatic carbocycles. The zero-order valence-corrected chi connectivity index (χ0v) is 13.0. The fraction of sp³-hybridized carbons (Fsp3) is 0.562. The van der Waals surface area contributed by atoms with Crippen molar-refractivity contribution in [3.63, 3.8) is 0 Å². The lowest BCUT2D eigenvalue weighted by atomic mass is 9.94. The number of aromatic nitrogens is 4. The highest BCUT2D eigenvalue weighted by molar-refractivity contribution is 5.52. The van der Waals surface area contributed by atoms with Gasteiger partial charge in [0.1, 0.15) is 11.4 Å². The molecule has 0 spiro atoms. The van der Waals surface area contributed by atoms with Crippen molar-refractivity contribution in [1.82, 2.24) is 25.1 Å². The number of hydrogen-bond donors (Lipinski definition) is 1. The molecule has 1 N–H and O–H groups in total. The summed E-state index contributed by atoms with van der Waals surface area (Å²) < 4.78 is 0. The molecule has 1 aliphatic heterocycles. The van der Waals surface area contributed by atoms with Gasteiger partial charge in [0.25, 0.3) is 0 Å². The van der Waals surface area contributed by atoms with Crippen LogP contribution in [0.3, 0.4) is 0 Å². The zero-order chi connectivity index (χ0) is 14.8. The van der Waals surface area contributed by atoms with Crippen LogP contribution in [0.2, 0.25) is 0 Å². The molecule has 3 heterocycles. The second kappa shape index (κ2) is 5.93. The van der Waals surface area contributed by atoms with Crippen LogP contribution in [0.5, 0.6) is 0 Å². The van der Waals surface area contributed by atoms with Gasteiger partial charge >= 0.3 is 0 Å². The summed E-state index contributed by atoms with van der Waals surface area (Å²) in [6, 6.07) is 2.59. The van der Waals surface area contributed by atoms with Crippen LogP contribution in [0.1, 0.15) is 44.0 Å². The van der Waals surface area contributed by atoms with Gasteiger partial charge in [-0.25, -0.2) is 0 Å². The Labute approximate surface area is 125 Å². The smallest absolute Gasteiger partial charge is 0.112 e. The zero-order valence-electron chi connectivity index (χ0n) is 13.0. The summed E-state index contributed by atoms with van der Waals surface area (Å²) in [6.07, 6.45) is 6.22. The minimum Gasteiger partial charge on any atom is -0.300 e. The molecular weight excluding hydrogens is 262 g/mol. The van der Waals surface area contributed by atoms with Gasteiger partial charge in [-0.05, 0) is 46.2 Å². The summed E-state index contributed by atoms with van der Waals surface area (Å²) in [7, 11) is 0. The lowest BCUT2D eigenvalue weighted by Crippen LogP contribution is -2.39. The van der Waals surface area contributed by atoms with Crippen LogP contribution in [-0.4, -0.2) is 44.2 Å². The number of H-pyrrole nitrogens is 1. The van der Waals surface area contributed by atoms with E-state index < -0.39 is 0 Å². The van der Waals surface area contributed by atoms with Crippen molar-refractivity contribution in [1.29, 1.82) is 0 Å². The first-order valence-corrected chi connectivity index (χ1v) is 7.72. The number of nitrogens with zero attached hydrogens (tertiary/aromatic N) is 4. The first-order chi connectivity index (χ1) is 10.1. The normalized spacial score (nSPS) is 20.1. The van der Waals surface area contributed by atoms with Crippen LogP contribution < -0.4 is 0 Å². The Morgan fingerprint density at radius 2 is 2.10 bits per heavy atom. The second-order valence-corrected chi connectivity index (χ2v) is 6.19. The highest BCUT2D eigenvalue weighted by Gasteiger charge is 2.24. The number of aryl methyl sites for hydroxylation is 1. The van der Waals surface area contributed by atoms with E-state index in [1.54, 1.807) is 0 Å². The third-order valence-electron chi connectivity index (χ3n) is 4.24. The summed E-state index contributed by atoms with van der Waals surface area (Å²) in [5.41, 5.74) is 3.84. The van der Waals surface area contributed by atoms with Crippen molar-refractivity contribution >= 4 is 0 Å². The molecule has 0 unspecified atom stereocenters. The highest BCUT2D eigenvalue weighted by atomic mass is 15.2. The summed E-state index contributed by atoms with van der Waals surface area (Å²) in [5.74, 6) is 0.503. The van der Waals surface area contributed by atoms with E-state index >= 15 is 0 Å². The van der Waals surface area contributed by atoms with Gasteiger partial charge in [-0.3, -0.25) is 15.1 Å². The molecule has 1 saturated heterocycles. The van der Waals surface area contributed by atoms with Crippen molar-refractivity contribution in [2.75, 3.05) is 13.1 Å². The van der Waals surface area contributed by atoms with E-state index in [0.29, 0.717) is 12.0 Å². The molecule has 3 rings (SSSR count). The van der Waals surface area contributed by atoms with E-state index in [2.05, 4.69) is 38.9 Å². The van der Waals surface area contributed by atoms with Gasteiger partial charge in [-0.1, -0.05) is 0 Å². The first-order valence-electron chi connectivity index (χ1n) is 7.72. The fourth-order valence-electron chi connectivity index (χ4n) is 2.95. The number of likely N-dealkylation sites (tertiary alicyclic amines) is 1. The number of piperidine rings is 1. The lowest BCUT2D eigenvalue weighted by molar-refractivity contribution is 0.166. The van der Waals surface area contributed by atoms with Gasteiger partial charge in [0.2, 0.25) is 0 Å². The predicted molar refractivity (Wildman–Crippen MR) is 83.0 cm³/mol. The monoisotopic (exact) mass is 285 g/mol. The number of rotatable bonds is 3. The van der Waals surface area contributed by atoms with Crippen LogP contribution in [-0.2, 0) is 0 Å². The van der Waals surface area contributed by atoms with Gasteiger partial charge in [0.05, 0.1) is 11.9 Å². The molecule has 0 amide bonds. The van der Waals surface area contributed by atoms with Gasteiger partial charge in [0.15, 0.2) is 0 Å². The van der Waals surface area contributed by atoms with Crippen molar-refractivity contribution in [3.05, 3.63) is 29.8 Å². The van der Waals surface area contributed by atoms with E-state index in [1.807, 2.05) is 25.4 Å². The standard InChI is InChI=1S/C16H23N5/c1-11(2)21-6-4-5-13(10-21)15-8-18-16(9-17-15)14-7-12(3)19-20-14/h7-9,11,13H,4-6,10H2,1-3H3,(H,19,20)/t13-/m0/s1. The molecule has 0 aliphatic carbocycles. The topological polar surface area (TPSA) is 57.7 Å². The molecule has 21 heavy (non-hydrogen) atoms. The maximum atomic E-state index is 4.64. The molecule has 0 radical (unpaired) electrons. The molecule has 2 aromatic rings. The van der Waals surface area contributed by atoms with E-state index in [-0.39, 0.29) is 0 Å². The molecule has 2 aromatic heterocycles.